The first-order valence-electron chi connectivity index (χ1n) is 22.0. The molecule has 5 nitrogen and oxygen atoms in total. The van der Waals surface area contributed by atoms with Crippen molar-refractivity contribution >= 4 is 83.4 Å². The predicted octanol–water partition coefficient (Wildman–Crippen LogP) is 15.7. The number of furan rings is 1. The van der Waals surface area contributed by atoms with E-state index in [-0.39, 0.29) is 16.2 Å². The van der Waals surface area contributed by atoms with Crippen LogP contribution in [-0.4, -0.2) is 21.3 Å². The number of para-hydroxylation sites is 3. The van der Waals surface area contributed by atoms with Crippen LogP contribution in [0.1, 0.15) is 90.1 Å². The van der Waals surface area contributed by atoms with Crippen molar-refractivity contribution in [2.75, 3.05) is 0 Å². The van der Waals surface area contributed by atoms with Crippen LogP contribution >= 0.6 is 0 Å². The number of aliphatic imine (C=N–C) groups is 2. The molecule has 0 saturated carbocycles. The third kappa shape index (κ3) is 6.78. The molecule has 0 aliphatic heterocycles. The number of amidine groups is 1. The lowest BCUT2D eigenvalue weighted by atomic mass is 9.79. The van der Waals surface area contributed by atoms with E-state index in [2.05, 4.69) is 205 Å². The molecule has 312 valence electrons. The summed E-state index contributed by atoms with van der Waals surface area (Å²) in [5.74, 6) is 0.556. The minimum Gasteiger partial charge on any atom is -0.455 e. The van der Waals surface area contributed by atoms with Gasteiger partial charge >= 0.3 is 0 Å². The van der Waals surface area contributed by atoms with E-state index in [0.717, 1.165) is 60.6 Å². The fourth-order valence-electron chi connectivity index (χ4n) is 9.20. The average Bonchev–Trinajstić information content (AvgIpc) is 3.91. The zero-order valence-electron chi connectivity index (χ0n) is 37.8. The molecule has 0 aliphatic carbocycles. The summed E-state index contributed by atoms with van der Waals surface area (Å²) in [4.78, 5) is 10.6. The van der Waals surface area contributed by atoms with E-state index in [0.29, 0.717) is 11.5 Å². The average molecular weight is 823 g/mol. The summed E-state index contributed by atoms with van der Waals surface area (Å²) in [6.07, 6.45) is 1.92. The van der Waals surface area contributed by atoms with Gasteiger partial charge in [-0.25, -0.2) is 9.98 Å². The quantitative estimate of drug-likeness (QED) is 0.126. The van der Waals surface area contributed by atoms with Gasteiger partial charge in [-0.05, 0) is 75.9 Å². The monoisotopic (exact) mass is 822 g/mol. The molecular formula is C58H54N4O. The van der Waals surface area contributed by atoms with E-state index in [1.807, 2.05) is 24.5 Å². The largest absolute Gasteiger partial charge is 0.455 e. The van der Waals surface area contributed by atoms with Crippen LogP contribution in [0.15, 0.2) is 167 Å². The zero-order valence-corrected chi connectivity index (χ0v) is 37.8. The number of hydrogen-bond acceptors (Lipinski definition) is 2. The third-order valence-corrected chi connectivity index (χ3v) is 12.6. The molecular weight excluding hydrogens is 769 g/mol. The Balaban J connectivity index is 1.17. The molecule has 0 fully saturated rings. The Kier molecular flexibility index (Phi) is 9.27. The van der Waals surface area contributed by atoms with Crippen molar-refractivity contribution in [3.8, 4) is 5.69 Å². The van der Waals surface area contributed by atoms with Gasteiger partial charge < -0.3 is 8.98 Å². The highest BCUT2D eigenvalue weighted by Gasteiger charge is 2.28. The Labute approximate surface area is 369 Å². The highest BCUT2D eigenvalue weighted by molar-refractivity contribution is 6.18. The van der Waals surface area contributed by atoms with Crippen molar-refractivity contribution in [3.05, 3.63) is 180 Å². The molecule has 10 rings (SSSR count). The lowest BCUT2D eigenvalue weighted by Gasteiger charge is -2.25. The zero-order chi connectivity index (χ0) is 44.0. The van der Waals surface area contributed by atoms with Crippen LogP contribution in [0.3, 0.4) is 0 Å². The molecule has 10 aromatic rings. The smallest absolute Gasteiger partial charge is 0.161 e. The molecule has 3 aromatic heterocycles. The topological polar surface area (TPSA) is 47.7 Å². The van der Waals surface area contributed by atoms with Gasteiger partial charge in [-0.3, -0.25) is 4.57 Å². The maximum atomic E-state index is 7.02. The number of nitrogens with zero attached hydrogens (tertiary/aromatic N) is 4. The Morgan fingerprint density at radius 1 is 0.524 bits per heavy atom. The Hall–Kier alpha value is -6.98. The van der Waals surface area contributed by atoms with Gasteiger partial charge in [-0.2, -0.15) is 0 Å². The van der Waals surface area contributed by atoms with Gasteiger partial charge in [-0.15, -0.1) is 0 Å². The molecule has 5 heteroatoms. The molecule has 0 spiro atoms. The minimum absolute atomic E-state index is 0.0400. The van der Waals surface area contributed by atoms with E-state index in [4.69, 9.17) is 14.4 Å². The molecule has 0 unspecified atom stereocenters. The first-order valence-corrected chi connectivity index (χ1v) is 22.0. The Bertz CT molecular complexity index is 3460. The van der Waals surface area contributed by atoms with E-state index in [1.54, 1.807) is 0 Å². The van der Waals surface area contributed by atoms with Crippen LogP contribution < -0.4 is 0 Å². The Morgan fingerprint density at radius 3 is 1.68 bits per heavy atom. The molecule has 0 N–H and O–H groups in total. The maximum absolute atomic E-state index is 7.02. The lowest BCUT2D eigenvalue weighted by molar-refractivity contribution is 0.559. The highest BCUT2D eigenvalue weighted by atomic mass is 16.3. The van der Waals surface area contributed by atoms with Crippen molar-refractivity contribution in [1.29, 1.82) is 0 Å². The van der Waals surface area contributed by atoms with Crippen LogP contribution in [0.25, 0.3) is 76.9 Å². The number of aromatic nitrogens is 2. The molecule has 0 amide bonds. The first-order chi connectivity index (χ1) is 30.1. The van der Waals surface area contributed by atoms with E-state index < -0.39 is 0 Å². The third-order valence-electron chi connectivity index (χ3n) is 12.6. The fourth-order valence-corrected chi connectivity index (χ4v) is 9.20. The molecule has 63 heavy (non-hydrogen) atoms. The van der Waals surface area contributed by atoms with Gasteiger partial charge in [0.2, 0.25) is 0 Å². The van der Waals surface area contributed by atoms with Crippen molar-refractivity contribution < 1.29 is 4.42 Å². The number of hydrogen-bond donors (Lipinski definition) is 0. The molecule has 0 saturated heterocycles. The summed E-state index contributed by atoms with van der Waals surface area (Å²) in [5, 5.41) is 6.97. The summed E-state index contributed by atoms with van der Waals surface area (Å²) in [5.41, 5.74) is 13.0. The summed E-state index contributed by atoms with van der Waals surface area (Å²) in [6, 6.07) is 51.9. The normalized spacial score (nSPS) is 13.3. The van der Waals surface area contributed by atoms with Crippen molar-refractivity contribution in [3.63, 3.8) is 0 Å². The second kappa shape index (κ2) is 14.6. The fraction of sp³-hybridized carbons (Fsp3) is 0.207. The predicted molar refractivity (Wildman–Crippen MR) is 270 cm³/mol. The van der Waals surface area contributed by atoms with Gasteiger partial charge in [0, 0.05) is 49.0 Å². The van der Waals surface area contributed by atoms with Gasteiger partial charge in [0.15, 0.2) is 5.84 Å². The summed E-state index contributed by atoms with van der Waals surface area (Å²) in [7, 11) is 0. The van der Waals surface area contributed by atoms with Crippen LogP contribution in [-0.2, 0) is 16.2 Å². The SMILES string of the molecule is C=C(N=C(N=Cn1c2ccccc2c2c(-n3c4ccccc4c4ccccc43)cccc21)c1ccccc1)c1cc(C(C)(C)C)cc2c1oc1c(C(C)(C)C)cc(C(C)(C)C)cc12. The van der Waals surface area contributed by atoms with Crippen molar-refractivity contribution in [1.82, 2.24) is 9.13 Å². The van der Waals surface area contributed by atoms with E-state index >= 15 is 0 Å². The summed E-state index contributed by atoms with van der Waals surface area (Å²) in [6.45, 7) is 25.1. The summed E-state index contributed by atoms with van der Waals surface area (Å²) >= 11 is 0. The van der Waals surface area contributed by atoms with Crippen LogP contribution in [0.4, 0.5) is 0 Å². The van der Waals surface area contributed by atoms with Gasteiger partial charge in [0.05, 0.1) is 33.5 Å². The van der Waals surface area contributed by atoms with Gasteiger partial charge in [0.25, 0.3) is 0 Å². The molecule has 3 heterocycles. The second-order valence-electron chi connectivity index (χ2n) is 20.1. The Morgan fingerprint density at radius 2 is 1.06 bits per heavy atom. The van der Waals surface area contributed by atoms with Crippen molar-refractivity contribution in [2.45, 2.75) is 78.6 Å². The molecule has 7 aromatic carbocycles. The van der Waals surface area contributed by atoms with Crippen LogP contribution in [0.2, 0.25) is 0 Å². The highest BCUT2D eigenvalue weighted by Crippen LogP contribution is 2.44. The minimum atomic E-state index is -0.139. The molecule has 0 aliphatic rings. The second-order valence-corrected chi connectivity index (χ2v) is 20.1. The number of rotatable bonds is 5. The van der Waals surface area contributed by atoms with Crippen LogP contribution in [0, 0.1) is 0 Å². The molecule has 0 radical (unpaired) electrons. The lowest BCUT2D eigenvalue weighted by Crippen LogP contribution is -2.16. The maximum Gasteiger partial charge on any atom is 0.161 e. The standard InChI is InChI=1S/C58H54N4O/c1-36(43-31-38(56(2,3)4)32-44-45-33-39(57(5,6)7)34-46(58(8,9)10)54(45)63-53(43)44)60-55(37-21-12-11-13-22-37)59-35-61-47-26-17-16-25-42(47)52-50(61)29-20-30-51(52)62-48-27-18-14-23-40(48)41-24-15-19-28-49(41)62/h11-35H,1H2,2-10H3. The molecule has 0 atom stereocenters. The molecule has 0 bridgehead atoms. The number of fused-ring (bicyclic) bond motifs is 9. The van der Waals surface area contributed by atoms with Gasteiger partial charge in [0.1, 0.15) is 17.5 Å². The van der Waals surface area contributed by atoms with E-state index in [1.165, 1.54) is 38.5 Å². The van der Waals surface area contributed by atoms with Crippen molar-refractivity contribution in [2.24, 2.45) is 9.98 Å². The van der Waals surface area contributed by atoms with E-state index in [9.17, 15) is 0 Å². The number of benzene rings is 7. The van der Waals surface area contributed by atoms with Crippen LogP contribution in [0.5, 0.6) is 0 Å². The van der Waals surface area contributed by atoms with Gasteiger partial charge in [-0.1, -0.05) is 166 Å². The first kappa shape index (κ1) is 40.1. The summed E-state index contributed by atoms with van der Waals surface area (Å²) < 4.78 is 11.6.